The van der Waals surface area contributed by atoms with Gasteiger partial charge in [-0.2, -0.15) is 0 Å². The zero-order valence-corrected chi connectivity index (χ0v) is 8.11. The summed E-state index contributed by atoms with van der Waals surface area (Å²) in [5.74, 6) is -1.05. The number of carbonyl (C=O) groups is 2. The molecule has 0 aliphatic heterocycles. The van der Waals surface area contributed by atoms with Crippen molar-refractivity contribution >= 4 is 12.4 Å². The number of amides is 1. The highest BCUT2D eigenvalue weighted by Crippen LogP contribution is 2.17. The molecule has 0 bridgehead atoms. The van der Waals surface area contributed by atoms with E-state index in [4.69, 9.17) is 9.84 Å². The van der Waals surface area contributed by atoms with Crippen LogP contribution < -0.4 is 0 Å². The zero-order valence-electron chi connectivity index (χ0n) is 8.11. The first kappa shape index (κ1) is 11.9. The Bertz CT molecular complexity index is 195. The maximum absolute atomic E-state index is 11.0. The number of carboxylic acid groups (broad SMARTS) is 1. The first-order valence-corrected chi connectivity index (χ1v) is 3.95. The van der Waals surface area contributed by atoms with Crippen LogP contribution in [0.2, 0.25) is 0 Å². The van der Waals surface area contributed by atoms with Gasteiger partial charge in [-0.3, -0.25) is 4.79 Å². The van der Waals surface area contributed by atoms with Crippen LogP contribution in [0.4, 0.5) is 0 Å². The molecule has 1 amide bonds. The van der Waals surface area contributed by atoms with Gasteiger partial charge in [-0.05, 0) is 6.42 Å². The number of carbonyl (C=O) groups excluding carboxylic acids is 1. The number of ether oxygens (including phenoxy) is 1. The maximum Gasteiger partial charge on any atom is 0.332 e. The Hall–Kier alpha value is -1.10. The number of rotatable bonds is 6. The van der Waals surface area contributed by atoms with Gasteiger partial charge in [0, 0.05) is 14.2 Å². The summed E-state index contributed by atoms with van der Waals surface area (Å²) >= 11 is 0. The predicted molar refractivity (Wildman–Crippen MR) is 46.4 cm³/mol. The predicted octanol–water partition coefficient (Wildman–Crippen LogP) is -0.0456. The lowest BCUT2D eigenvalue weighted by atomic mass is 9.96. The Kier molecular flexibility index (Phi) is 4.40. The molecule has 0 aromatic heterocycles. The van der Waals surface area contributed by atoms with Crippen molar-refractivity contribution in [2.24, 2.45) is 0 Å². The van der Waals surface area contributed by atoms with Gasteiger partial charge < -0.3 is 14.7 Å². The third kappa shape index (κ3) is 2.18. The highest BCUT2D eigenvalue weighted by molar-refractivity contribution is 5.81. The largest absolute Gasteiger partial charge is 0.479 e. The quantitative estimate of drug-likeness (QED) is 0.595. The fourth-order valence-electron chi connectivity index (χ4n) is 1.16. The number of hydrogen-bond acceptors (Lipinski definition) is 3. The Morgan fingerprint density at radius 1 is 1.69 bits per heavy atom. The molecule has 0 saturated carbocycles. The smallest absolute Gasteiger partial charge is 0.332 e. The molecule has 5 heteroatoms. The average Bonchev–Trinajstić information content (AvgIpc) is 2.12. The SMILES string of the molecule is CCC(COC)(C(=O)O)N(C)C=O. The molecule has 1 unspecified atom stereocenters. The lowest BCUT2D eigenvalue weighted by molar-refractivity contribution is -0.158. The summed E-state index contributed by atoms with van der Waals surface area (Å²) < 4.78 is 4.80. The molecule has 0 fully saturated rings. The first-order valence-electron chi connectivity index (χ1n) is 3.95. The Morgan fingerprint density at radius 2 is 2.23 bits per heavy atom. The molecule has 13 heavy (non-hydrogen) atoms. The Morgan fingerprint density at radius 3 is 2.46 bits per heavy atom. The fourth-order valence-corrected chi connectivity index (χ4v) is 1.16. The van der Waals surface area contributed by atoms with Crippen molar-refractivity contribution in [2.45, 2.75) is 18.9 Å². The van der Waals surface area contributed by atoms with Crippen molar-refractivity contribution < 1.29 is 19.4 Å². The van der Waals surface area contributed by atoms with Gasteiger partial charge >= 0.3 is 5.97 Å². The van der Waals surface area contributed by atoms with E-state index in [1.807, 2.05) is 0 Å². The highest BCUT2D eigenvalue weighted by Gasteiger charge is 2.40. The van der Waals surface area contributed by atoms with Gasteiger partial charge in [0.15, 0.2) is 5.54 Å². The van der Waals surface area contributed by atoms with Crippen LogP contribution in [-0.4, -0.2) is 48.7 Å². The normalized spacial score (nSPS) is 14.7. The van der Waals surface area contributed by atoms with Crippen molar-refractivity contribution in [1.29, 1.82) is 0 Å². The summed E-state index contributed by atoms with van der Waals surface area (Å²) in [6.45, 7) is 1.70. The monoisotopic (exact) mass is 189 g/mol. The topological polar surface area (TPSA) is 66.8 Å². The van der Waals surface area contributed by atoms with Crippen LogP contribution in [0.1, 0.15) is 13.3 Å². The highest BCUT2D eigenvalue weighted by atomic mass is 16.5. The minimum atomic E-state index is -1.24. The number of hydrogen-bond donors (Lipinski definition) is 1. The molecule has 1 N–H and O–H groups in total. The van der Waals surface area contributed by atoms with E-state index in [1.165, 1.54) is 14.2 Å². The van der Waals surface area contributed by atoms with Gasteiger partial charge in [-0.15, -0.1) is 0 Å². The summed E-state index contributed by atoms with van der Waals surface area (Å²) in [5, 5.41) is 8.98. The summed E-state index contributed by atoms with van der Waals surface area (Å²) in [4.78, 5) is 22.6. The second-order valence-corrected chi connectivity index (χ2v) is 2.84. The van der Waals surface area contributed by atoms with Crippen LogP contribution in [0, 0.1) is 0 Å². The second kappa shape index (κ2) is 4.81. The fraction of sp³-hybridized carbons (Fsp3) is 0.750. The van der Waals surface area contributed by atoms with E-state index in [0.29, 0.717) is 12.8 Å². The molecule has 0 saturated heterocycles. The molecule has 0 spiro atoms. The summed E-state index contributed by atoms with van der Waals surface area (Å²) in [5.41, 5.74) is -1.24. The standard InChI is InChI=1S/C8H15NO4/c1-4-8(5-13-3,7(11)12)9(2)6-10/h6H,4-5H2,1-3H3,(H,11,12). The maximum atomic E-state index is 11.0. The van der Waals surface area contributed by atoms with Gasteiger partial charge in [0.25, 0.3) is 0 Å². The van der Waals surface area contributed by atoms with Crippen LogP contribution in [0.25, 0.3) is 0 Å². The number of aliphatic carboxylic acids is 1. The molecule has 0 aliphatic carbocycles. The van der Waals surface area contributed by atoms with E-state index in [9.17, 15) is 9.59 Å². The van der Waals surface area contributed by atoms with E-state index >= 15 is 0 Å². The van der Waals surface area contributed by atoms with Crippen LogP contribution in [0.3, 0.4) is 0 Å². The first-order chi connectivity index (χ1) is 6.05. The minimum absolute atomic E-state index is 0.00588. The molecule has 0 aromatic carbocycles. The van der Waals surface area contributed by atoms with Crippen LogP contribution in [0.5, 0.6) is 0 Å². The van der Waals surface area contributed by atoms with Crippen molar-refractivity contribution in [1.82, 2.24) is 4.90 Å². The Balaban J connectivity index is 4.84. The number of nitrogens with zero attached hydrogens (tertiary/aromatic N) is 1. The number of carboxylic acids is 1. The molecule has 0 rings (SSSR count). The molecular formula is C8H15NO4. The van der Waals surface area contributed by atoms with E-state index in [1.54, 1.807) is 6.92 Å². The van der Waals surface area contributed by atoms with Gasteiger partial charge in [0.1, 0.15) is 0 Å². The third-order valence-corrected chi connectivity index (χ3v) is 2.20. The molecule has 0 aromatic rings. The van der Waals surface area contributed by atoms with E-state index < -0.39 is 11.5 Å². The van der Waals surface area contributed by atoms with Crippen LogP contribution >= 0.6 is 0 Å². The molecule has 0 heterocycles. The van der Waals surface area contributed by atoms with Crippen molar-refractivity contribution in [3.63, 3.8) is 0 Å². The minimum Gasteiger partial charge on any atom is -0.479 e. The van der Waals surface area contributed by atoms with Gasteiger partial charge in [-0.1, -0.05) is 6.92 Å². The average molecular weight is 189 g/mol. The van der Waals surface area contributed by atoms with Crippen molar-refractivity contribution in [2.75, 3.05) is 20.8 Å². The van der Waals surface area contributed by atoms with Gasteiger partial charge in [0.05, 0.1) is 6.61 Å². The van der Waals surface area contributed by atoms with Gasteiger partial charge in [-0.25, -0.2) is 4.79 Å². The van der Waals surface area contributed by atoms with E-state index in [0.717, 1.165) is 4.90 Å². The summed E-state index contributed by atoms with van der Waals surface area (Å²) in [7, 11) is 2.84. The Labute approximate surface area is 77.3 Å². The molecule has 0 aliphatic rings. The zero-order chi connectivity index (χ0) is 10.5. The summed E-state index contributed by atoms with van der Waals surface area (Å²) in [6, 6.07) is 0. The van der Waals surface area contributed by atoms with Crippen LogP contribution in [0.15, 0.2) is 0 Å². The number of likely N-dealkylation sites (N-methyl/N-ethyl adjacent to an activating group) is 1. The molecule has 1 atom stereocenters. The molecular weight excluding hydrogens is 174 g/mol. The van der Waals surface area contributed by atoms with E-state index in [2.05, 4.69) is 0 Å². The number of methoxy groups -OCH3 is 1. The van der Waals surface area contributed by atoms with Crippen molar-refractivity contribution in [3.8, 4) is 0 Å². The summed E-state index contributed by atoms with van der Waals surface area (Å²) in [6.07, 6.45) is 0.808. The van der Waals surface area contributed by atoms with Crippen molar-refractivity contribution in [3.05, 3.63) is 0 Å². The van der Waals surface area contributed by atoms with E-state index in [-0.39, 0.29) is 6.61 Å². The second-order valence-electron chi connectivity index (χ2n) is 2.84. The third-order valence-electron chi connectivity index (χ3n) is 2.20. The molecule has 5 nitrogen and oxygen atoms in total. The molecule has 0 radical (unpaired) electrons. The van der Waals surface area contributed by atoms with Gasteiger partial charge in [0.2, 0.25) is 6.41 Å². The van der Waals surface area contributed by atoms with Crippen LogP contribution in [-0.2, 0) is 14.3 Å². The molecule has 76 valence electrons. The lowest BCUT2D eigenvalue weighted by Crippen LogP contribution is -2.55. The lowest BCUT2D eigenvalue weighted by Gasteiger charge is -2.34.